The quantitative estimate of drug-likeness (QED) is 0.590. The van der Waals surface area contributed by atoms with Crippen molar-refractivity contribution < 1.29 is 22.7 Å². The second kappa shape index (κ2) is 8.25. The number of nitrogens with one attached hydrogen (secondary N) is 1. The second-order valence-electron chi connectivity index (χ2n) is 4.99. The molecule has 0 bridgehead atoms. The van der Waals surface area contributed by atoms with Crippen molar-refractivity contribution >= 4 is 21.8 Å². The molecule has 22 heavy (non-hydrogen) atoms. The second-order valence-corrected chi connectivity index (χ2v) is 6.83. The van der Waals surface area contributed by atoms with Gasteiger partial charge < -0.3 is 14.5 Å². The Bertz CT molecular complexity index is 520. The van der Waals surface area contributed by atoms with Crippen LogP contribution in [0.3, 0.4) is 0 Å². The van der Waals surface area contributed by atoms with Crippen LogP contribution in [-0.4, -0.2) is 81.7 Å². The Balaban J connectivity index is 2.70. The van der Waals surface area contributed by atoms with Crippen molar-refractivity contribution in [2.24, 2.45) is 0 Å². The van der Waals surface area contributed by atoms with Crippen molar-refractivity contribution in [1.82, 2.24) is 14.5 Å². The lowest BCUT2D eigenvalue weighted by atomic mass is 10.2. The number of sulfonamides is 1. The van der Waals surface area contributed by atoms with E-state index in [0.29, 0.717) is 19.7 Å². The molecule has 8 nitrogen and oxygen atoms in total. The third-order valence-electron chi connectivity index (χ3n) is 3.32. The normalized spacial score (nSPS) is 18.8. The van der Waals surface area contributed by atoms with Crippen molar-refractivity contribution in [3.63, 3.8) is 0 Å². The van der Waals surface area contributed by atoms with E-state index < -0.39 is 10.0 Å². The fourth-order valence-electron chi connectivity index (χ4n) is 2.13. The van der Waals surface area contributed by atoms with Gasteiger partial charge in [-0.25, -0.2) is 13.1 Å². The topological polar surface area (TPSA) is 96.0 Å². The molecule has 1 atom stereocenters. The summed E-state index contributed by atoms with van der Waals surface area (Å²) in [6.07, 6.45) is 2.23. The number of carbonyl (C=O) groups is 2. The first-order valence-electron chi connectivity index (χ1n) is 7.01. The van der Waals surface area contributed by atoms with Gasteiger partial charge in [-0.15, -0.1) is 0 Å². The summed E-state index contributed by atoms with van der Waals surface area (Å²) < 4.78 is 30.0. The number of ether oxygens (including phenoxy) is 1. The highest BCUT2D eigenvalue weighted by atomic mass is 32.2. The van der Waals surface area contributed by atoms with Gasteiger partial charge in [-0.3, -0.25) is 9.59 Å². The molecule has 2 amide bonds. The number of rotatable bonds is 7. The molecule has 1 aliphatic heterocycles. The Morgan fingerprint density at radius 1 is 1.50 bits per heavy atom. The monoisotopic (exact) mass is 333 g/mol. The Hall–Kier alpha value is -1.45. The van der Waals surface area contributed by atoms with Crippen LogP contribution < -0.4 is 4.72 Å². The first-order valence-corrected chi connectivity index (χ1v) is 8.90. The largest absolute Gasteiger partial charge is 0.377 e. The van der Waals surface area contributed by atoms with Crippen LogP contribution in [0.1, 0.15) is 6.92 Å². The van der Waals surface area contributed by atoms with Crippen LogP contribution in [0.15, 0.2) is 12.7 Å². The molecular weight excluding hydrogens is 310 g/mol. The van der Waals surface area contributed by atoms with E-state index in [4.69, 9.17) is 4.74 Å². The summed E-state index contributed by atoms with van der Waals surface area (Å²) in [6.45, 7) is 6.63. The fourth-order valence-corrected chi connectivity index (χ4v) is 2.62. The summed E-state index contributed by atoms with van der Waals surface area (Å²) in [5.41, 5.74) is 0. The van der Waals surface area contributed by atoms with E-state index in [9.17, 15) is 18.0 Å². The van der Waals surface area contributed by atoms with Gasteiger partial charge >= 0.3 is 0 Å². The molecule has 1 saturated heterocycles. The molecule has 0 aromatic carbocycles. The molecule has 9 heteroatoms. The lowest BCUT2D eigenvalue weighted by molar-refractivity contribution is -0.144. The third kappa shape index (κ3) is 5.74. The third-order valence-corrected chi connectivity index (χ3v) is 4.01. The number of hydrogen-bond donors (Lipinski definition) is 1. The summed E-state index contributed by atoms with van der Waals surface area (Å²) in [5.74, 6) is -0.546. The molecule has 0 aromatic rings. The maximum Gasteiger partial charge on any atom is 0.246 e. The molecule has 1 fully saturated rings. The first-order chi connectivity index (χ1) is 10.3. The summed E-state index contributed by atoms with van der Waals surface area (Å²) in [5, 5.41) is 0. The summed E-state index contributed by atoms with van der Waals surface area (Å²) in [4.78, 5) is 26.9. The minimum atomic E-state index is -3.34. The molecule has 1 rings (SSSR count). The standard InChI is InChI=1S/C13H23N3O5S/c1-4-12(17)15(5-2)9-13(18)16-6-7-21-10-11(16)8-14-22(3,19)20/h4,11,14H,1,5-10H2,2-3H3. The van der Waals surface area contributed by atoms with Crippen LogP contribution in [0.2, 0.25) is 0 Å². The zero-order chi connectivity index (χ0) is 16.8. The van der Waals surface area contributed by atoms with Crippen LogP contribution in [0.5, 0.6) is 0 Å². The molecule has 1 heterocycles. The van der Waals surface area contributed by atoms with Crippen molar-refractivity contribution in [1.29, 1.82) is 0 Å². The predicted octanol–water partition coefficient (Wildman–Crippen LogP) is -1.20. The predicted molar refractivity (Wildman–Crippen MR) is 81.6 cm³/mol. The van der Waals surface area contributed by atoms with Gasteiger partial charge in [0, 0.05) is 19.6 Å². The number of nitrogens with zero attached hydrogens (tertiary/aromatic N) is 2. The van der Waals surface area contributed by atoms with E-state index in [0.717, 1.165) is 6.26 Å². The van der Waals surface area contributed by atoms with Gasteiger partial charge in [-0.05, 0) is 13.0 Å². The molecule has 0 spiro atoms. The molecular formula is C13H23N3O5S. The zero-order valence-electron chi connectivity index (χ0n) is 12.9. The van der Waals surface area contributed by atoms with Gasteiger partial charge in [0.15, 0.2) is 0 Å². The highest BCUT2D eigenvalue weighted by Gasteiger charge is 2.29. The number of hydrogen-bond acceptors (Lipinski definition) is 5. The number of amides is 2. The van der Waals surface area contributed by atoms with E-state index in [-0.39, 0.29) is 37.6 Å². The lowest BCUT2D eigenvalue weighted by Crippen LogP contribution is -2.55. The van der Waals surface area contributed by atoms with Gasteiger partial charge in [-0.1, -0.05) is 6.58 Å². The zero-order valence-corrected chi connectivity index (χ0v) is 13.8. The highest BCUT2D eigenvalue weighted by Crippen LogP contribution is 2.08. The van der Waals surface area contributed by atoms with Gasteiger partial charge in [0.2, 0.25) is 21.8 Å². The summed E-state index contributed by atoms with van der Waals surface area (Å²) in [6, 6.07) is -0.381. The van der Waals surface area contributed by atoms with Crippen LogP contribution in [0, 0.1) is 0 Å². The van der Waals surface area contributed by atoms with Crippen LogP contribution in [-0.2, 0) is 24.3 Å². The smallest absolute Gasteiger partial charge is 0.246 e. The molecule has 1 unspecified atom stereocenters. The maximum absolute atomic E-state index is 12.4. The molecule has 0 radical (unpaired) electrons. The van der Waals surface area contributed by atoms with Crippen LogP contribution in [0.4, 0.5) is 0 Å². The molecule has 0 aliphatic carbocycles. The minimum Gasteiger partial charge on any atom is -0.377 e. The molecule has 0 saturated carbocycles. The lowest BCUT2D eigenvalue weighted by Gasteiger charge is -2.36. The number of morpholine rings is 1. The number of carbonyl (C=O) groups excluding carboxylic acids is 2. The Morgan fingerprint density at radius 3 is 2.73 bits per heavy atom. The van der Waals surface area contributed by atoms with Gasteiger partial charge in [0.25, 0.3) is 0 Å². The fraction of sp³-hybridized carbons (Fsp3) is 0.692. The SMILES string of the molecule is C=CC(=O)N(CC)CC(=O)N1CCOCC1CNS(C)(=O)=O. The maximum atomic E-state index is 12.4. The van der Waals surface area contributed by atoms with Gasteiger partial charge in [-0.2, -0.15) is 0 Å². The number of likely N-dealkylation sites (N-methyl/N-ethyl adjacent to an activating group) is 1. The molecule has 0 aromatic heterocycles. The molecule has 126 valence electrons. The van der Waals surface area contributed by atoms with Crippen LogP contribution >= 0.6 is 0 Å². The van der Waals surface area contributed by atoms with Gasteiger partial charge in [0.05, 0.1) is 25.5 Å². The average molecular weight is 333 g/mol. The van der Waals surface area contributed by atoms with Crippen molar-refractivity contribution in [2.45, 2.75) is 13.0 Å². The van der Waals surface area contributed by atoms with Crippen molar-refractivity contribution in [3.8, 4) is 0 Å². The van der Waals surface area contributed by atoms with Crippen molar-refractivity contribution in [2.75, 3.05) is 45.6 Å². The Morgan fingerprint density at radius 2 is 2.18 bits per heavy atom. The average Bonchev–Trinajstić information content (AvgIpc) is 2.49. The Kier molecular flexibility index (Phi) is 6.98. The van der Waals surface area contributed by atoms with Crippen LogP contribution in [0.25, 0.3) is 0 Å². The molecule has 1 N–H and O–H groups in total. The highest BCUT2D eigenvalue weighted by molar-refractivity contribution is 7.88. The van der Waals surface area contributed by atoms with E-state index in [2.05, 4.69) is 11.3 Å². The van der Waals surface area contributed by atoms with Crippen molar-refractivity contribution in [3.05, 3.63) is 12.7 Å². The minimum absolute atomic E-state index is 0.0588. The van der Waals surface area contributed by atoms with E-state index in [1.54, 1.807) is 11.8 Å². The first kappa shape index (κ1) is 18.6. The van der Waals surface area contributed by atoms with Gasteiger partial charge in [0.1, 0.15) is 6.54 Å². The van der Waals surface area contributed by atoms with E-state index >= 15 is 0 Å². The molecule has 1 aliphatic rings. The van der Waals surface area contributed by atoms with E-state index in [1.165, 1.54) is 11.0 Å². The Labute approximate surface area is 131 Å². The van der Waals surface area contributed by atoms with E-state index in [1.807, 2.05) is 0 Å². The summed E-state index contributed by atoms with van der Waals surface area (Å²) in [7, 11) is -3.34. The summed E-state index contributed by atoms with van der Waals surface area (Å²) >= 11 is 0.